The molecule has 1 saturated heterocycles. The highest BCUT2D eigenvalue weighted by Crippen LogP contribution is 2.27. The first-order valence-electron chi connectivity index (χ1n) is 6.78. The molecule has 0 spiro atoms. The lowest BCUT2D eigenvalue weighted by Gasteiger charge is -2.31. The molecule has 0 aromatic heterocycles. The van der Waals surface area contributed by atoms with Crippen LogP contribution in [0.15, 0.2) is 42.5 Å². The van der Waals surface area contributed by atoms with Crippen LogP contribution in [0, 0.1) is 0 Å². The molecule has 2 aromatic carbocycles. The molecule has 0 saturated carbocycles. The van der Waals surface area contributed by atoms with Gasteiger partial charge in [0, 0.05) is 18.0 Å². The second-order valence-corrected chi connectivity index (χ2v) is 4.89. The van der Waals surface area contributed by atoms with Crippen molar-refractivity contribution < 1.29 is 9.47 Å². The molecule has 0 aliphatic carbocycles. The van der Waals surface area contributed by atoms with Gasteiger partial charge in [-0.25, -0.2) is 0 Å². The van der Waals surface area contributed by atoms with E-state index in [1.807, 2.05) is 31.3 Å². The van der Waals surface area contributed by atoms with E-state index < -0.39 is 0 Å². The fourth-order valence-electron chi connectivity index (χ4n) is 2.62. The van der Waals surface area contributed by atoms with Crippen molar-refractivity contribution in [2.45, 2.75) is 18.6 Å². The SMILES string of the molecule is CNC1CCOCC1Oc1cccc2ccccc12. The first kappa shape index (κ1) is 12.5. The van der Waals surface area contributed by atoms with Crippen molar-refractivity contribution in [1.82, 2.24) is 5.32 Å². The van der Waals surface area contributed by atoms with Crippen LogP contribution in [0.3, 0.4) is 0 Å². The summed E-state index contributed by atoms with van der Waals surface area (Å²) in [6.07, 6.45) is 1.07. The summed E-state index contributed by atoms with van der Waals surface area (Å²) >= 11 is 0. The molecule has 2 unspecified atom stereocenters. The van der Waals surface area contributed by atoms with E-state index in [0.29, 0.717) is 12.6 Å². The molecule has 2 atom stereocenters. The van der Waals surface area contributed by atoms with Gasteiger partial charge >= 0.3 is 0 Å². The molecule has 100 valence electrons. The van der Waals surface area contributed by atoms with E-state index in [4.69, 9.17) is 9.47 Å². The quantitative estimate of drug-likeness (QED) is 0.916. The Morgan fingerprint density at radius 2 is 2.00 bits per heavy atom. The summed E-state index contributed by atoms with van der Waals surface area (Å²) in [6.45, 7) is 1.45. The Kier molecular flexibility index (Phi) is 3.67. The zero-order valence-corrected chi connectivity index (χ0v) is 11.1. The molecule has 1 aliphatic rings. The van der Waals surface area contributed by atoms with Crippen molar-refractivity contribution in [3.05, 3.63) is 42.5 Å². The zero-order chi connectivity index (χ0) is 13.1. The number of hydrogen-bond donors (Lipinski definition) is 1. The van der Waals surface area contributed by atoms with Gasteiger partial charge in [0.15, 0.2) is 0 Å². The largest absolute Gasteiger partial charge is 0.486 e. The summed E-state index contributed by atoms with van der Waals surface area (Å²) in [5, 5.41) is 5.68. The fourth-order valence-corrected chi connectivity index (χ4v) is 2.62. The number of ether oxygens (including phenoxy) is 2. The molecular weight excluding hydrogens is 238 g/mol. The zero-order valence-electron chi connectivity index (χ0n) is 11.1. The van der Waals surface area contributed by atoms with Gasteiger partial charge in [0.2, 0.25) is 0 Å². The van der Waals surface area contributed by atoms with Crippen LogP contribution in [0.1, 0.15) is 6.42 Å². The van der Waals surface area contributed by atoms with E-state index >= 15 is 0 Å². The average Bonchev–Trinajstić information content (AvgIpc) is 2.48. The summed E-state index contributed by atoms with van der Waals surface area (Å²) in [7, 11) is 1.98. The fraction of sp³-hybridized carbons (Fsp3) is 0.375. The van der Waals surface area contributed by atoms with E-state index in [1.165, 1.54) is 5.39 Å². The van der Waals surface area contributed by atoms with Crippen LogP contribution in [0.25, 0.3) is 10.8 Å². The van der Waals surface area contributed by atoms with Crippen LogP contribution in [0.5, 0.6) is 5.75 Å². The van der Waals surface area contributed by atoms with Gasteiger partial charge in [0.25, 0.3) is 0 Å². The molecular formula is C16H19NO2. The van der Waals surface area contributed by atoms with Crippen molar-refractivity contribution >= 4 is 10.8 Å². The predicted molar refractivity (Wildman–Crippen MR) is 76.6 cm³/mol. The second kappa shape index (κ2) is 5.59. The van der Waals surface area contributed by atoms with Crippen LogP contribution >= 0.6 is 0 Å². The normalized spacial score (nSPS) is 23.4. The Hall–Kier alpha value is -1.58. The van der Waals surface area contributed by atoms with Crippen molar-refractivity contribution in [2.24, 2.45) is 0 Å². The topological polar surface area (TPSA) is 30.5 Å². The third kappa shape index (κ3) is 2.57. The lowest BCUT2D eigenvalue weighted by molar-refractivity contribution is -0.0123. The Morgan fingerprint density at radius 1 is 1.16 bits per heavy atom. The Labute approximate surface area is 113 Å². The Morgan fingerprint density at radius 3 is 2.89 bits per heavy atom. The van der Waals surface area contributed by atoms with Gasteiger partial charge in [-0.3, -0.25) is 0 Å². The van der Waals surface area contributed by atoms with Crippen LogP contribution in [0.4, 0.5) is 0 Å². The van der Waals surface area contributed by atoms with Crippen molar-refractivity contribution in [3.8, 4) is 5.75 Å². The predicted octanol–water partition coefficient (Wildman–Crippen LogP) is 2.60. The molecule has 3 nitrogen and oxygen atoms in total. The summed E-state index contributed by atoms with van der Waals surface area (Å²) in [5.74, 6) is 0.939. The second-order valence-electron chi connectivity index (χ2n) is 4.89. The van der Waals surface area contributed by atoms with Crippen LogP contribution in [-0.2, 0) is 4.74 Å². The Balaban J connectivity index is 1.88. The third-order valence-electron chi connectivity index (χ3n) is 3.70. The third-order valence-corrected chi connectivity index (χ3v) is 3.70. The van der Waals surface area contributed by atoms with Gasteiger partial charge in [-0.2, -0.15) is 0 Å². The maximum absolute atomic E-state index is 6.18. The van der Waals surface area contributed by atoms with E-state index in [0.717, 1.165) is 24.2 Å². The first-order chi connectivity index (χ1) is 9.38. The minimum atomic E-state index is 0.0737. The highest BCUT2D eigenvalue weighted by molar-refractivity contribution is 5.88. The lowest BCUT2D eigenvalue weighted by Crippen LogP contribution is -2.48. The van der Waals surface area contributed by atoms with Crippen LogP contribution in [-0.4, -0.2) is 32.4 Å². The first-order valence-corrected chi connectivity index (χ1v) is 6.78. The van der Waals surface area contributed by atoms with E-state index in [2.05, 4.69) is 23.5 Å². The van der Waals surface area contributed by atoms with E-state index in [-0.39, 0.29) is 6.10 Å². The number of nitrogens with one attached hydrogen (secondary N) is 1. The van der Waals surface area contributed by atoms with Gasteiger partial charge in [0.1, 0.15) is 11.9 Å². The Bertz CT molecular complexity index is 550. The summed E-state index contributed by atoms with van der Waals surface area (Å²) in [6, 6.07) is 14.8. The summed E-state index contributed by atoms with van der Waals surface area (Å²) in [4.78, 5) is 0. The monoisotopic (exact) mass is 257 g/mol. The molecule has 0 bridgehead atoms. The highest BCUT2D eigenvalue weighted by atomic mass is 16.5. The van der Waals surface area contributed by atoms with Gasteiger partial charge in [-0.1, -0.05) is 36.4 Å². The number of fused-ring (bicyclic) bond motifs is 1. The number of hydrogen-bond acceptors (Lipinski definition) is 3. The molecule has 3 rings (SSSR count). The summed E-state index contributed by atoms with van der Waals surface area (Å²) in [5.41, 5.74) is 0. The maximum Gasteiger partial charge on any atom is 0.137 e. The van der Waals surface area contributed by atoms with E-state index in [1.54, 1.807) is 0 Å². The number of likely N-dealkylation sites (N-methyl/N-ethyl adjacent to an activating group) is 1. The molecule has 1 N–H and O–H groups in total. The maximum atomic E-state index is 6.18. The molecule has 1 aliphatic heterocycles. The van der Waals surface area contributed by atoms with Gasteiger partial charge in [0.05, 0.1) is 6.61 Å². The molecule has 2 aromatic rings. The minimum absolute atomic E-state index is 0.0737. The molecule has 1 fully saturated rings. The van der Waals surface area contributed by atoms with E-state index in [9.17, 15) is 0 Å². The highest BCUT2D eigenvalue weighted by Gasteiger charge is 2.26. The molecule has 1 heterocycles. The van der Waals surface area contributed by atoms with Gasteiger partial charge in [-0.15, -0.1) is 0 Å². The van der Waals surface area contributed by atoms with Crippen LogP contribution in [0.2, 0.25) is 0 Å². The summed E-state index contributed by atoms with van der Waals surface area (Å²) < 4.78 is 11.7. The number of benzene rings is 2. The minimum Gasteiger partial charge on any atom is -0.486 e. The van der Waals surface area contributed by atoms with Crippen molar-refractivity contribution in [2.75, 3.05) is 20.3 Å². The lowest BCUT2D eigenvalue weighted by atomic mass is 10.1. The molecule has 0 amide bonds. The smallest absolute Gasteiger partial charge is 0.137 e. The van der Waals surface area contributed by atoms with Crippen molar-refractivity contribution in [3.63, 3.8) is 0 Å². The molecule has 0 radical (unpaired) electrons. The molecule has 19 heavy (non-hydrogen) atoms. The average molecular weight is 257 g/mol. The van der Waals surface area contributed by atoms with Crippen LogP contribution < -0.4 is 10.1 Å². The van der Waals surface area contributed by atoms with Gasteiger partial charge < -0.3 is 14.8 Å². The number of rotatable bonds is 3. The molecule has 3 heteroatoms. The van der Waals surface area contributed by atoms with Crippen molar-refractivity contribution in [1.29, 1.82) is 0 Å². The van der Waals surface area contributed by atoms with Gasteiger partial charge in [-0.05, 0) is 24.9 Å². The standard InChI is InChI=1S/C16H19NO2/c1-17-14-9-10-18-11-16(14)19-15-8-4-6-12-5-2-3-7-13(12)15/h2-8,14,16-17H,9-11H2,1H3.